The van der Waals surface area contributed by atoms with Gasteiger partial charge in [0.1, 0.15) is 0 Å². The summed E-state index contributed by atoms with van der Waals surface area (Å²) in [6, 6.07) is 0. The molecule has 1 heterocycles. The van der Waals surface area contributed by atoms with E-state index in [4.69, 9.17) is 5.41 Å². The van der Waals surface area contributed by atoms with Crippen LogP contribution in [-0.2, 0) is 0 Å². The van der Waals surface area contributed by atoms with Crippen molar-refractivity contribution in [3.8, 4) is 0 Å². The first-order valence-corrected chi connectivity index (χ1v) is 5.52. The molecule has 1 unspecified atom stereocenters. The summed E-state index contributed by atoms with van der Waals surface area (Å²) >= 11 is 0. The Morgan fingerprint density at radius 1 is 1.21 bits per heavy atom. The minimum absolute atomic E-state index is 0.403. The van der Waals surface area contributed by atoms with Crippen LogP contribution in [0.2, 0.25) is 0 Å². The summed E-state index contributed by atoms with van der Waals surface area (Å²) in [7, 11) is 2.15. The summed E-state index contributed by atoms with van der Waals surface area (Å²) < 4.78 is 0. The van der Waals surface area contributed by atoms with Gasteiger partial charge in [-0.3, -0.25) is 5.41 Å². The molecule has 2 fully saturated rings. The zero-order chi connectivity index (χ0) is 10.3. The van der Waals surface area contributed by atoms with Crippen LogP contribution in [0.15, 0.2) is 0 Å². The summed E-state index contributed by atoms with van der Waals surface area (Å²) in [5.74, 6) is 1.43. The first kappa shape index (κ1) is 9.97. The van der Waals surface area contributed by atoms with Crippen molar-refractivity contribution >= 4 is 5.84 Å². The summed E-state index contributed by atoms with van der Waals surface area (Å²) in [6.07, 6.45) is 1.21. The van der Waals surface area contributed by atoms with E-state index in [1.54, 1.807) is 0 Å². The Kier molecular flexibility index (Phi) is 2.30. The lowest BCUT2D eigenvalue weighted by atomic mass is 10.1. The molecule has 1 aliphatic heterocycles. The maximum atomic E-state index is 8.13. The molecule has 0 aromatic carbocycles. The van der Waals surface area contributed by atoms with Crippen LogP contribution in [0.25, 0.3) is 0 Å². The molecule has 3 heteroatoms. The Balaban J connectivity index is 1.88. The smallest absolute Gasteiger partial charge is 0.0996 e. The Morgan fingerprint density at radius 2 is 1.71 bits per heavy atom. The van der Waals surface area contributed by atoms with E-state index in [1.807, 2.05) is 0 Å². The fourth-order valence-electron chi connectivity index (χ4n) is 2.20. The monoisotopic (exact) mass is 195 g/mol. The molecule has 1 saturated carbocycles. The SMILES string of the molecule is CN1CCN(C(=N)C2CC2(C)C)CC1. The Bertz CT molecular complexity index is 239. The standard InChI is InChI=1S/C11H21N3/c1-11(2)8-9(11)10(12)14-6-4-13(3)5-7-14/h9,12H,4-8H2,1-3H3. The number of hydrogen-bond donors (Lipinski definition) is 1. The lowest BCUT2D eigenvalue weighted by molar-refractivity contribution is 0.210. The van der Waals surface area contributed by atoms with Crippen LogP contribution in [0, 0.1) is 16.7 Å². The van der Waals surface area contributed by atoms with Crippen molar-refractivity contribution in [3.05, 3.63) is 0 Å². The lowest BCUT2D eigenvalue weighted by Gasteiger charge is -2.34. The molecule has 0 radical (unpaired) electrons. The number of rotatable bonds is 1. The normalized spacial score (nSPS) is 31.6. The Hall–Kier alpha value is -0.570. The first-order chi connectivity index (χ1) is 6.50. The van der Waals surface area contributed by atoms with Gasteiger partial charge in [-0.2, -0.15) is 0 Å². The Morgan fingerprint density at radius 3 is 2.14 bits per heavy atom. The van der Waals surface area contributed by atoms with Crippen LogP contribution in [0.3, 0.4) is 0 Å². The average Bonchev–Trinajstić information content (AvgIpc) is 2.75. The zero-order valence-electron chi connectivity index (χ0n) is 9.51. The maximum Gasteiger partial charge on any atom is 0.0996 e. The van der Waals surface area contributed by atoms with Crippen LogP contribution >= 0.6 is 0 Å². The molecule has 2 rings (SSSR count). The largest absolute Gasteiger partial charge is 0.358 e. The van der Waals surface area contributed by atoms with E-state index in [0.29, 0.717) is 11.3 Å². The van der Waals surface area contributed by atoms with Gasteiger partial charge in [0.15, 0.2) is 0 Å². The summed E-state index contributed by atoms with van der Waals surface area (Å²) in [5.41, 5.74) is 0.403. The number of amidine groups is 1. The number of likely N-dealkylation sites (N-methyl/N-ethyl adjacent to an activating group) is 1. The van der Waals surface area contributed by atoms with Gasteiger partial charge in [-0.25, -0.2) is 0 Å². The highest BCUT2D eigenvalue weighted by molar-refractivity contribution is 5.85. The number of nitrogens with one attached hydrogen (secondary N) is 1. The third-order valence-electron chi connectivity index (χ3n) is 3.69. The number of piperazine rings is 1. The van der Waals surface area contributed by atoms with Gasteiger partial charge in [0.05, 0.1) is 5.84 Å². The van der Waals surface area contributed by atoms with Crippen LogP contribution in [0.5, 0.6) is 0 Å². The van der Waals surface area contributed by atoms with E-state index >= 15 is 0 Å². The van der Waals surface area contributed by atoms with Crippen LogP contribution < -0.4 is 0 Å². The molecule has 0 aromatic rings. The second-order valence-electron chi connectivity index (χ2n) is 5.42. The van der Waals surface area contributed by atoms with Crippen LogP contribution in [0.4, 0.5) is 0 Å². The third-order valence-corrected chi connectivity index (χ3v) is 3.69. The number of nitrogens with zero attached hydrogens (tertiary/aromatic N) is 2. The van der Waals surface area contributed by atoms with Gasteiger partial charge < -0.3 is 9.80 Å². The van der Waals surface area contributed by atoms with Crippen molar-refractivity contribution in [2.75, 3.05) is 33.2 Å². The molecule has 14 heavy (non-hydrogen) atoms. The van der Waals surface area contributed by atoms with Crippen LogP contribution in [0.1, 0.15) is 20.3 Å². The highest BCUT2D eigenvalue weighted by Crippen LogP contribution is 2.52. The molecule has 3 nitrogen and oxygen atoms in total. The summed E-state index contributed by atoms with van der Waals surface area (Å²) in [4.78, 5) is 4.60. The molecule has 0 aromatic heterocycles. The zero-order valence-corrected chi connectivity index (χ0v) is 9.51. The highest BCUT2D eigenvalue weighted by Gasteiger charge is 2.49. The maximum absolute atomic E-state index is 8.13. The quantitative estimate of drug-likeness (QED) is 0.504. The van der Waals surface area contributed by atoms with Crippen molar-refractivity contribution in [1.82, 2.24) is 9.80 Å². The lowest BCUT2D eigenvalue weighted by Crippen LogP contribution is -2.47. The Labute approximate surface area is 86.6 Å². The molecule has 0 bridgehead atoms. The van der Waals surface area contributed by atoms with Crippen molar-refractivity contribution in [1.29, 1.82) is 5.41 Å². The third kappa shape index (κ3) is 1.78. The fraction of sp³-hybridized carbons (Fsp3) is 0.909. The summed E-state index contributed by atoms with van der Waals surface area (Å²) in [6.45, 7) is 8.83. The van der Waals surface area contributed by atoms with Gasteiger partial charge in [0.2, 0.25) is 0 Å². The van der Waals surface area contributed by atoms with E-state index in [-0.39, 0.29) is 0 Å². The van der Waals surface area contributed by atoms with Gasteiger partial charge in [-0.15, -0.1) is 0 Å². The predicted molar refractivity (Wildman–Crippen MR) is 58.7 cm³/mol. The predicted octanol–water partition coefficient (Wildman–Crippen LogP) is 1.26. The molecule has 1 N–H and O–H groups in total. The average molecular weight is 195 g/mol. The molecular weight excluding hydrogens is 174 g/mol. The van der Waals surface area contributed by atoms with Gasteiger partial charge >= 0.3 is 0 Å². The topological polar surface area (TPSA) is 30.3 Å². The van der Waals surface area contributed by atoms with Gasteiger partial charge in [-0.05, 0) is 18.9 Å². The minimum atomic E-state index is 0.403. The van der Waals surface area contributed by atoms with Gasteiger partial charge in [0.25, 0.3) is 0 Å². The molecule has 1 saturated heterocycles. The fourth-order valence-corrected chi connectivity index (χ4v) is 2.20. The van der Waals surface area contributed by atoms with E-state index in [2.05, 4.69) is 30.7 Å². The first-order valence-electron chi connectivity index (χ1n) is 5.52. The highest BCUT2D eigenvalue weighted by atomic mass is 15.3. The molecular formula is C11H21N3. The second-order valence-corrected chi connectivity index (χ2v) is 5.42. The molecule has 1 aliphatic carbocycles. The molecule has 80 valence electrons. The van der Waals surface area contributed by atoms with E-state index < -0.39 is 0 Å². The molecule has 0 amide bonds. The van der Waals surface area contributed by atoms with Gasteiger partial charge in [-0.1, -0.05) is 13.8 Å². The minimum Gasteiger partial charge on any atom is -0.358 e. The number of hydrogen-bond acceptors (Lipinski definition) is 2. The summed E-state index contributed by atoms with van der Waals surface area (Å²) in [5, 5.41) is 8.13. The van der Waals surface area contributed by atoms with E-state index in [1.165, 1.54) is 6.42 Å². The van der Waals surface area contributed by atoms with Crippen molar-refractivity contribution in [3.63, 3.8) is 0 Å². The molecule has 1 atom stereocenters. The van der Waals surface area contributed by atoms with Gasteiger partial charge in [0, 0.05) is 32.1 Å². The van der Waals surface area contributed by atoms with Crippen molar-refractivity contribution < 1.29 is 0 Å². The molecule has 0 spiro atoms. The van der Waals surface area contributed by atoms with E-state index in [9.17, 15) is 0 Å². The van der Waals surface area contributed by atoms with Crippen LogP contribution in [-0.4, -0.2) is 48.9 Å². The molecule has 2 aliphatic rings. The van der Waals surface area contributed by atoms with Crippen molar-refractivity contribution in [2.45, 2.75) is 20.3 Å². The second kappa shape index (κ2) is 3.23. The van der Waals surface area contributed by atoms with Crippen molar-refractivity contribution in [2.24, 2.45) is 11.3 Å². The van der Waals surface area contributed by atoms with E-state index in [0.717, 1.165) is 32.0 Å².